The summed E-state index contributed by atoms with van der Waals surface area (Å²) >= 11 is 0. The van der Waals surface area contributed by atoms with Gasteiger partial charge in [0.15, 0.2) is 35.2 Å². The van der Waals surface area contributed by atoms with Crippen molar-refractivity contribution in [1.82, 2.24) is 0 Å². The molecule has 0 amide bonds. The molecule has 2 aliphatic rings. The molecule has 5 rings (SSSR count). The Morgan fingerprint density at radius 2 is 1.68 bits per heavy atom. The van der Waals surface area contributed by atoms with Crippen LogP contribution in [0.3, 0.4) is 0 Å². The van der Waals surface area contributed by atoms with Crippen molar-refractivity contribution in [3.05, 3.63) is 64.7 Å². The summed E-state index contributed by atoms with van der Waals surface area (Å²) in [6, 6.07) is 10.1. The molecule has 0 aromatic heterocycles. The second kappa shape index (κ2) is 9.62. The van der Waals surface area contributed by atoms with E-state index in [9.17, 15) is 30.3 Å². The van der Waals surface area contributed by atoms with Crippen molar-refractivity contribution in [2.75, 3.05) is 13.7 Å². The van der Waals surface area contributed by atoms with Gasteiger partial charge in [0.2, 0.25) is 5.78 Å². The Balaban J connectivity index is 1.53. The van der Waals surface area contributed by atoms with Crippen LogP contribution in [0.2, 0.25) is 0 Å². The molecule has 0 radical (unpaired) electrons. The van der Waals surface area contributed by atoms with Crippen LogP contribution in [0.1, 0.15) is 59.0 Å². The minimum atomic E-state index is -1.63. The molecule has 3 aromatic rings. The van der Waals surface area contributed by atoms with Crippen LogP contribution < -0.4 is 18.9 Å². The summed E-state index contributed by atoms with van der Waals surface area (Å²) < 4.78 is 22.8. The Morgan fingerprint density at radius 1 is 0.921 bits per heavy atom. The zero-order valence-corrected chi connectivity index (χ0v) is 20.9. The quantitative estimate of drug-likeness (QED) is 0.324. The first-order chi connectivity index (χ1) is 18.1. The van der Waals surface area contributed by atoms with Crippen molar-refractivity contribution in [3.63, 3.8) is 0 Å². The van der Waals surface area contributed by atoms with Crippen LogP contribution in [0.4, 0.5) is 0 Å². The van der Waals surface area contributed by atoms with Gasteiger partial charge < -0.3 is 44.5 Å². The highest BCUT2D eigenvalue weighted by atomic mass is 16.5. The number of ether oxygens (including phenoxy) is 4. The Morgan fingerprint density at radius 3 is 2.37 bits per heavy atom. The highest BCUT2D eigenvalue weighted by molar-refractivity contribution is 6.05. The molecule has 0 fully saturated rings. The second-order valence-corrected chi connectivity index (χ2v) is 9.55. The number of carbonyl (C=O) groups excluding carboxylic acids is 1. The number of hydrogen-bond acceptors (Lipinski definition) is 10. The molecule has 2 aliphatic heterocycles. The van der Waals surface area contributed by atoms with Gasteiger partial charge in [-0.1, -0.05) is 6.07 Å². The molecular formula is C28H28O10. The van der Waals surface area contributed by atoms with Crippen molar-refractivity contribution >= 4 is 5.78 Å². The van der Waals surface area contributed by atoms with E-state index in [1.807, 2.05) is 0 Å². The van der Waals surface area contributed by atoms with E-state index in [-0.39, 0.29) is 64.1 Å². The van der Waals surface area contributed by atoms with Crippen LogP contribution in [0.5, 0.6) is 40.2 Å². The van der Waals surface area contributed by atoms with Crippen molar-refractivity contribution in [2.24, 2.45) is 0 Å². The molecule has 0 saturated heterocycles. The molecule has 0 saturated carbocycles. The normalized spacial score (nSPS) is 21.9. The maximum Gasteiger partial charge on any atom is 0.202 e. The topological polar surface area (TPSA) is 155 Å². The monoisotopic (exact) mass is 524 g/mol. The van der Waals surface area contributed by atoms with Gasteiger partial charge in [-0.2, -0.15) is 0 Å². The average molecular weight is 525 g/mol. The number of carbonyl (C=O) groups is 1. The number of phenols is 3. The fraction of sp³-hybridized carbons (Fsp3) is 0.321. The molecule has 0 spiro atoms. The maximum absolute atomic E-state index is 13.2. The number of aliphatic hydroxyl groups excluding tert-OH is 2. The predicted octanol–water partition coefficient (Wildman–Crippen LogP) is 3.49. The molecule has 0 unspecified atom stereocenters. The Kier molecular flexibility index (Phi) is 6.46. The molecule has 38 heavy (non-hydrogen) atoms. The maximum atomic E-state index is 13.2. The van der Waals surface area contributed by atoms with E-state index < -0.39 is 30.0 Å². The highest BCUT2D eigenvalue weighted by Gasteiger charge is 2.43. The van der Waals surface area contributed by atoms with Gasteiger partial charge in [-0.15, -0.1) is 0 Å². The Labute approximate surface area is 218 Å². The van der Waals surface area contributed by atoms with E-state index in [1.54, 1.807) is 32.0 Å². The summed E-state index contributed by atoms with van der Waals surface area (Å²) in [7, 11) is 1.41. The summed E-state index contributed by atoms with van der Waals surface area (Å²) in [4.78, 5) is 13.2. The predicted molar refractivity (Wildman–Crippen MR) is 134 cm³/mol. The van der Waals surface area contributed by atoms with Gasteiger partial charge in [0.05, 0.1) is 25.7 Å². The number of methoxy groups -OCH3 is 1. The number of Topliss-reactive ketones (excluding diaryl/α,β-unsaturated/α-hetero) is 1. The van der Waals surface area contributed by atoms with E-state index in [1.165, 1.54) is 31.4 Å². The number of aromatic hydroxyl groups is 3. The fourth-order valence-corrected chi connectivity index (χ4v) is 4.96. The third-order valence-corrected chi connectivity index (χ3v) is 6.66. The summed E-state index contributed by atoms with van der Waals surface area (Å²) in [5.74, 6) is -1.28. The lowest BCUT2D eigenvalue weighted by molar-refractivity contribution is 0.0206. The van der Waals surface area contributed by atoms with Crippen molar-refractivity contribution < 1.29 is 49.3 Å². The van der Waals surface area contributed by atoms with Crippen LogP contribution in [0.15, 0.2) is 42.5 Å². The number of hydrogen-bond donors (Lipinski definition) is 5. The van der Waals surface area contributed by atoms with Crippen molar-refractivity contribution in [3.8, 4) is 40.2 Å². The number of phenolic OH excluding ortho intramolecular Hbond substituents is 3. The van der Waals surface area contributed by atoms with Gasteiger partial charge in [-0.05, 0) is 49.2 Å². The molecule has 10 nitrogen and oxygen atoms in total. The third kappa shape index (κ3) is 4.21. The van der Waals surface area contributed by atoms with Crippen LogP contribution >= 0.6 is 0 Å². The third-order valence-electron chi connectivity index (χ3n) is 6.66. The average Bonchev–Trinajstić information content (AvgIpc) is 3.25. The molecule has 0 aliphatic carbocycles. The van der Waals surface area contributed by atoms with Crippen LogP contribution in [0.25, 0.3) is 0 Å². The van der Waals surface area contributed by atoms with Crippen LogP contribution in [-0.4, -0.2) is 57.2 Å². The van der Waals surface area contributed by atoms with Gasteiger partial charge >= 0.3 is 0 Å². The minimum Gasteiger partial charge on any atom is -0.508 e. The molecule has 0 bridgehead atoms. The summed E-state index contributed by atoms with van der Waals surface area (Å²) in [6.45, 7) is 3.18. The smallest absolute Gasteiger partial charge is 0.202 e. The number of rotatable bonds is 6. The van der Waals surface area contributed by atoms with Crippen molar-refractivity contribution in [1.29, 1.82) is 0 Å². The standard InChI is InChI=1S/C28H28O10/c1-12(2)36-21-9-15(30)10-22-23(21)24(33)25(34)27(37-22)14-6-16-17(11-29)26(38-28(16)19(32)7-14)13-4-5-18(31)20(8-13)35-3/h4-10,12,17,25-27,29-32,34H,11H2,1-3H3/t17-,25+,26+,27-/m1/s1. The van der Waals surface area contributed by atoms with Gasteiger partial charge in [-0.3, -0.25) is 4.79 Å². The largest absolute Gasteiger partial charge is 0.508 e. The molecule has 5 N–H and O–H groups in total. The molecule has 4 atom stereocenters. The summed E-state index contributed by atoms with van der Waals surface area (Å²) in [5.41, 5.74) is 1.34. The first kappa shape index (κ1) is 25.5. The summed E-state index contributed by atoms with van der Waals surface area (Å²) in [5, 5.41) is 52.2. The van der Waals surface area contributed by atoms with Crippen LogP contribution in [-0.2, 0) is 0 Å². The number of ketones is 1. The first-order valence-electron chi connectivity index (χ1n) is 12.1. The molecule has 2 heterocycles. The van der Waals surface area contributed by atoms with E-state index in [2.05, 4.69) is 0 Å². The second-order valence-electron chi connectivity index (χ2n) is 9.55. The fourth-order valence-electron chi connectivity index (χ4n) is 4.96. The molecule has 10 heteroatoms. The lowest BCUT2D eigenvalue weighted by Gasteiger charge is -2.31. The Bertz CT molecular complexity index is 1400. The SMILES string of the molecule is COc1cc([C@@H]2Oc3c(O)cc([C@H]4Oc5cc(O)cc(OC(C)C)c5C(=O)[C@@H]4O)cc3[C@H]2CO)ccc1O. The molecular weight excluding hydrogens is 496 g/mol. The van der Waals surface area contributed by atoms with E-state index >= 15 is 0 Å². The number of aliphatic hydroxyl groups is 2. The van der Waals surface area contributed by atoms with Gasteiger partial charge in [0.1, 0.15) is 28.9 Å². The van der Waals surface area contributed by atoms with Crippen LogP contribution in [0, 0.1) is 0 Å². The molecule has 3 aromatic carbocycles. The van der Waals surface area contributed by atoms with Gasteiger partial charge in [0, 0.05) is 17.7 Å². The lowest BCUT2D eigenvalue weighted by Crippen LogP contribution is -2.36. The van der Waals surface area contributed by atoms with Gasteiger partial charge in [0.25, 0.3) is 0 Å². The first-order valence-corrected chi connectivity index (χ1v) is 12.1. The van der Waals surface area contributed by atoms with E-state index in [0.717, 1.165) is 0 Å². The number of benzene rings is 3. The molecule has 200 valence electrons. The Hall–Kier alpha value is -4.15. The van der Waals surface area contributed by atoms with E-state index in [0.29, 0.717) is 11.1 Å². The van der Waals surface area contributed by atoms with E-state index in [4.69, 9.17) is 18.9 Å². The number of fused-ring (bicyclic) bond motifs is 2. The zero-order chi connectivity index (χ0) is 27.3. The van der Waals surface area contributed by atoms with Gasteiger partial charge in [-0.25, -0.2) is 0 Å². The zero-order valence-electron chi connectivity index (χ0n) is 20.9. The van der Waals surface area contributed by atoms with Crippen molar-refractivity contribution in [2.45, 2.75) is 44.2 Å². The summed E-state index contributed by atoms with van der Waals surface area (Å²) in [6.07, 6.45) is -3.86. The highest BCUT2D eigenvalue weighted by Crippen LogP contribution is 2.52. The lowest BCUT2D eigenvalue weighted by atomic mass is 9.87. The minimum absolute atomic E-state index is 0.0172.